The Hall–Kier alpha value is -1.55. The van der Waals surface area contributed by atoms with Crippen LogP contribution in [0.25, 0.3) is 11.7 Å². The van der Waals surface area contributed by atoms with E-state index in [9.17, 15) is 0 Å². The summed E-state index contributed by atoms with van der Waals surface area (Å²) in [6.07, 6.45) is 4.00. The molecule has 4 nitrogen and oxygen atoms in total. The molecule has 2 aromatic rings. The van der Waals surface area contributed by atoms with Crippen molar-refractivity contribution in [3.63, 3.8) is 0 Å². The van der Waals surface area contributed by atoms with E-state index in [2.05, 4.69) is 4.98 Å². The van der Waals surface area contributed by atoms with Crippen molar-refractivity contribution in [1.82, 2.24) is 4.98 Å². The minimum absolute atomic E-state index is 0.524. The van der Waals surface area contributed by atoms with Gasteiger partial charge in [0.15, 0.2) is 5.76 Å². The largest absolute Gasteiger partial charge is 0.459 e. The Labute approximate surface area is 81.7 Å². The Kier molecular flexibility index (Phi) is 2.37. The molecule has 0 unspecified atom stereocenters. The molecule has 4 heteroatoms. The molecule has 2 N–H and O–H groups in total. The van der Waals surface area contributed by atoms with Crippen LogP contribution in [0.5, 0.6) is 0 Å². The molecular formula is C10H12N2O2. The van der Waals surface area contributed by atoms with Crippen molar-refractivity contribution in [1.29, 1.82) is 0 Å². The van der Waals surface area contributed by atoms with Crippen molar-refractivity contribution >= 4 is 0 Å². The number of nitrogens with zero attached hydrogens (tertiary/aromatic N) is 1. The molecule has 0 bridgehead atoms. The second-order valence-electron chi connectivity index (χ2n) is 3.11. The van der Waals surface area contributed by atoms with Gasteiger partial charge in [-0.1, -0.05) is 0 Å². The lowest BCUT2D eigenvalue weighted by molar-refractivity contribution is 0.514. The Morgan fingerprint density at radius 2 is 2.29 bits per heavy atom. The zero-order chi connectivity index (χ0) is 9.97. The SMILES string of the molecule is Cc1coc(-c2occc2CCN)n1. The summed E-state index contributed by atoms with van der Waals surface area (Å²) in [4.78, 5) is 4.19. The first-order valence-corrected chi connectivity index (χ1v) is 4.50. The number of aryl methyl sites for hydroxylation is 1. The fourth-order valence-corrected chi connectivity index (χ4v) is 1.33. The van der Waals surface area contributed by atoms with Gasteiger partial charge in [-0.3, -0.25) is 0 Å². The van der Waals surface area contributed by atoms with Crippen molar-refractivity contribution < 1.29 is 8.83 Å². The number of aromatic nitrogens is 1. The van der Waals surface area contributed by atoms with Crippen LogP contribution in [0, 0.1) is 6.92 Å². The average Bonchev–Trinajstić information content (AvgIpc) is 2.74. The summed E-state index contributed by atoms with van der Waals surface area (Å²) < 4.78 is 10.6. The maximum absolute atomic E-state index is 5.48. The highest BCUT2D eigenvalue weighted by atomic mass is 16.4. The standard InChI is InChI=1S/C10H12N2O2/c1-7-6-14-10(12-7)9-8(2-4-11)3-5-13-9/h3,5-6H,2,4,11H2,1H3. The number of nitrogens with two attached hydrogens (primary N) is 1. The van der Waals surface area contributed by atoms with Crippen molar-refractivity contribution in [3.05, 3.63) is 29.9 Å². The molecule has 0 radical (unpaired) electrons. The average molecular weight is 192 g/mol. The second kappa shape index (κ2) is 3.67. The Morgan fingerprint density at radius 3 is 2.93 bits per heavy atom. The Balaban J connectivity index is 2.36. The summed E-state index contributed by atoms with van der Waals surface area (Å²) >= 11 is 0. The monoisotopic (exact) mass is 192 g/mol. The van der Waals surface area contributed by atoms with Gasteiger partial charge in [0.2, 0.25) is 0 Å². The lowest BCUT2D eigenvalue weighted by Crippen LogP contribution is -2.02. The third-order valence-electron chi connectivity index (χ3n) is 1.97. The van der Waals surface area contributed by atoms with Crippen LogP contribution >= 0.6 is 0 Å². The van der Waals surface area contributed by atoms with E-state index in [1.165, 1.54) is 0 Å². The summed E-state index contributed by atoms with van der Waals surface area (Å²) in [5, 5.41) is 0. The van der Waals surface area contributed by atoms with Crippen LogP contribution in [0.2, 0.25) is 0 Å². The molecule has 0 aliphatic rings. The fourth-order valence-electron chi connectivity index (χ4n) is 1.33. The highest BCUT2D eigenvalue weighted by molar-refractivity contribution is 5.50. The molecule has 2 rings (SSSR count). The summed E-state index contributed by atoms with van der Waals surface area (Å²) in [6.45, 7) is 2.46. The minimum atomic E-state index is 0.524. The van der Waals surface area contributed by atoms with E-state index in [1.807, 2.05) is 13.0 Å². The van der Waals surface area contributed by atoms with E-state index in [0.29, 0.717) is 18.2 Å². The molecule has 2 heterocycles. The quantitative estimate of drug-likeness (QED) is 0.804. The number of hydrogen-bond acceptors (Lipinski definition) is 4. The molecule has 0 aliphatic heterocycles. The van der Waals surface area contributed by atoms with Crippen LogP contribution in [0.15, 0.2) is 27.4 Å². The van der Waals surface area contributed by atoms with Gasteiger partial charge in [-0.05, 0) is 26.0 Å². The zero-order valence-electron chi connectivity index (χ0n) is 7.99. The number of rotatable bonds is 3. The molecule has 0 aromatic carbocycles. The van der Waals surface area contributed by atoms with Gasteiger partial charge < -0.3 is 14.6 Å². The van der Waals surface area contributed by atoms with Crippen molar-refractivity contribution in [2.24, 2.45) is 5.73 Å². The molecular weight excluding hydrogens is 180 g/mol. The van der Waals surface area contributed by atoms with Crippen LogP contribution in [0.1, 0.15) is 11.3 Å². The van der Waals surface area contributed by atoms with E-state index in [1.54, 1.807) is 12.5 Å². The normalized spacial score (nSPS) is 10.7. The maximum Gasteiger partial charge on any atom is 0.263 e. The van der Waals surface area contributed by atoms with Crippen LogP contribution in [0.3, 0.4) is 0 Å². The van der Waals surface area contributed by atoms with Gasteiger partial charge in [0.25, 0.3) is 5.89 Å². The van der Waals surface area contributed by atoms with Gasteiger partial charge in [0.05, 0.1) is 12.0 Å². The molecule has 0 fully saturated rings. The second-order valence-corrected chi connectivity index (χ2v) is 3.11. The summed E-state index contributed by atoms with van der Waals surface area (Å²) in [6, 6.07) is 1.89. The topological polar surface area (TPSA) is 65.2 Å². The molecule has 14 heavy (non-hydrogen) atoms. The smallest absolute Gasteiger partial charge is 0.263 e. The van der Waals surface area contributed by atoms with Gasteiger partial charge in [-0.15, -0.1) is 0 Å². The van der Waals surface area contributed by atoms with Gasteiger partial charge in [0.1, 0.15) is 6.26 Å². The highest BCUT2D eigenvalue weighted by Gasteiger charge is 2.13. The summed E-state index contributed by atoms with van der Waals surface area (Å²) in [7, 11) is 0. The summed E-state index contributed by atoms with van der Waals surface area (Å²) in [5.74, 6) is 1.21. The van der Waals surface area contributed by atoms with Crippen LogP contribution in [-0.4, -0.2) is 11.5 Å². The van der Waals surface area contributed by atoms with E-state index >= 15 is 0 Å². The first-order valence-electron chi connectivity index (χ1n) is 4.50. The predicted octanol–water partition coefficient (Wildman–Crippen LogP) is 1.74. The third kappa shape index (κ3) is 1.56. The Bertz CT molecular complexity index is 417. The van der Waals surface area contributed by atoms with E-state index in [0.717, 1.165) is 17.7 Å². The molecule has 0 aliphatic carbocycles. The number of oxazole rings is 1. The zero-order valence-corrected chi connectivity index (χ0v) is 7.99. The highest BCUT2D eigenvalue weighted by Crippen LogP contribution is 2.24. The predicted molar refractivity (Wildman–Crippen MR) is 51.7 cm³/mol. The molecule has 0 atom stereocenters. The molecule has 0 spiro atoms. The lowest BCUT2D eigenvalue weighted by atomic mass is 10.2. The number of hydrogen-bond donors (Lipinski definition) is 1. The van der Waals surface area contributed by atoms with E-state index < -0.39 is 0 Å². The first-order chi connectivity index (χ1) is 6.81. The van der Waals surface area contributed by atoms with Crippen LogP contribution in [0.4, 0.5) is 0 Å². The molecule has 0 saturated heterocycles. The molecule has 74 valence electrons. The Morgan fingerprint density at radius 1 is 1.43 bits per heavy atom. The van der Waals surface area contributed by atoms with E-state index in [4.69, 9.17) is 14.6 Å². The maximum atomic E-state index is 5.48. The summed E-state index contributed by atoms with van der Waals surface area (Å²) in [5.41, 5.74) is 7.36. The van der Waals surface area contributed by atoms with Crippen molar-refractivity contribution in [2.75, 3.05) is 6.54 Å². The fraction of sp³-hybridized carbons (Fsp3) is 0.300. The van der Waals surface area contributed by atoms with Gasteiger partial charge >= 0.3 is 0 Å². The van der Waals surface area contributed by atoms with Crippen LogP contribution in [-0.2, 0) is 6.42 Å². The minimum Gasteiger partial charge on any atom is -0.459 e. The molecule has 0 saturated carbocycles. The van der Waals surface area contributed by atoms with Gasteiger partial charge in [0, 0.05) is 5.56 Å². The van der Waals surface area contributed by atoms with Gasteiger partial charge in [-0.2, -0.15) is 0 Å². The number of furan rings is 1. The van der Waals surface area contributed by atoms with Gasteiger partial charge in [-0.25, -0.2) is 4.98 Å². The third-order valence-corrected chi connectivity index (χ3v) is 1.97. The van der Waals surface area contributed by atoms with E-state index in [-0.39, 0.29) is 0 Å². The molecule has 2 aromatic heterocycles. The van der Waals surface area contributed by atoms with Crippen molar-refractivity contribution in [3.8, 4) is 11.7 Å². The lowest BCUT2D eigenvalue weighted by Gasteiger charge is -1.95. The van der Waals surface area contributed by atoms with Crippen LogP contribution < -0.4 is 5.73 Å². The first kappa shape index (κ1) is 9.02. The molecule has 0 amide bonds. The van der Waals surface area contributed by atoms with Crippen molar-refractivity contribution in [2.45, 2.75) is 13.3 Å².